The van der Waals surface area contributed by atoms with Gasteiger partial charge < -0.3 is 0 Å². The van der Waals surface area contributed by atoms with E-state index in [0.717, 1.165) is 13.8 Å². The molecule has 0 bridgehead atoms. The van der Waals surface area contributed by atoms with Crippen LogP contribution in [0.2, 0.25) is 0 Å². The molecule has 0 aromatic heterocycles. The lowest BCUT2D eigenvalue weighted by molar-refractivity contribution is -0.171. The van der Waals surface area contributed by atoms with Crippen molar-refractivity contribution in [2.45, 2.75) is 47.0 Å². The number of rotatable bonds is 4. The SMILES string of the molecule is CC(=O)C1(C(C)=O)CCCC(=O)C1(C(C)=O)C(C)=O. The Bertz CT molecular complexity index is 458. The van der Waals surface area contributed by atoms with E-state index in [2.05, 4.69) is 0 Å². The van der Waals surface area contributed by atoms with Crippen molar-refractivity contribution in [1.82, 2.24) is 0 Å². The Kier molecular flexibility index (Phi) is 3.89. The smallest absolute Gasteiger partial charge is 0.164 e. The number of hydrogen-bond donors (Lipinski definition) is 0. The van der Waals surface area contributed by atoms with Crippen LogP contribution in [-0.2, 0) is 24.0 Å². The average Bonchev–Trinajstić information content (AvgIpc) is 2.26. The quantitative estimate of drug-likeness (QED) is 0.710. The Morgan fingerprint density at radius 1 is 0.842 bits per heavy atom. The molecule has 0 N–H and O–H groups in total. The van der Waals surface area contributed by atoms with Gasteiger partial charge in [0, 0.05) is 6.42 Å². The summed E-state index contributed by atoms with van der Waals surface area (Å²) in [5.41, 5.74) is -3.94. The molecule has 104 valence electrons. The maximum Gasteiger partial charge on any atom is 0.164 e. The summed E-state index contributed by atoms with van der Waals surface area (Å²) in [6.45, 7) is 4.54. The number of ketones is 5. The summed E-state index contributed by atoms with van der Waals surface area (Å²) in [6.07, 6.45) is 0.449. The van der Waals surface area contributed by atoms with Gasteiger partial charge >= 0.3 is 0 Å². The first-order valence-electron chi connectivity index (χ1n) is 6.23. The molecule has 1 rings (SSSR count). The van der Waals surface area contributed by atoms with Crippen molar-refractivity contribution in [2.75, 3.05) is 0 Å². The Morgan fingerprint density at radius 2 is 1.26 bits per heavy atom. The van der Waals surface area contributed by atoms with Crippen LogP contribution in [-0.4, -0.2) is 28.9 Å². The van der Waals surface area contributed by atoms with E-state index >= 15 is 0 Å². The maximum absolute atomic E-state index is 12.3. The minimum absolute atomic E-state index is 0.0431. The van der Waals surface area contributed by atoms with Gasteiger partial charge in [0.15, 0.2) is 22.8 Å². The predicted octanol–water partition coefficient (Wildman–Crippen LogP) is 1.07. The van der Waals surface area contributed by atoms with Crippen molar-refractivity contribution in [3.8, 4) is 0 Å². The first-order chi connectivity index (χ1) is 8.65. The highest BCUT2D eigenvalue weighted by Crippen LogP contribution is 2.51. The Hall–Kier alpha value is -1.65. The highest BCUT2D eigenvalue weighted by atomic mass is 16.2. The number of carbonyl (C=O) groups is 5. The van der Waals surface area contributed by atoms with Gasteiger partial charge in [0.1, 0.15) is 17.0 Å². The van der Waals surface area contributed by atoms with Crippen LogP contribution in [0.4, 0.5) is 0 Å². The van der Waals surface area contributed by atoms with E-state index in [-0.39, 0.29) is 12.8 Å². The zero-order valence-corrected chi connectivity index (χ0v) is 11.7. The molecule has 1 saturated carbocycles. The molecular formula is C14H18O5. The second kappa shape index (κ2) is 4.79. The van der Waals surface area contributed by atoms with Gasteiger partial charge in [0.05, 0.1) is 0 Å². The number of carbonyl (C=O) groups excluding carboxylic acids is 5. The number of Topliss-reactive ketones (excluding diaryl/α,β-unsaturated/α-hetero) is 5. The van der Waals surface area contributed by atoms with Crippen LogP contribution in [0.5, 0.6) is 0 Å². The molecule has 5 nitrogen and oxygen atoms in total. The third-order valence-electron chi connectivity index (χ3n) is 4.27. The van der Waals surface area contributed by atoms with Crippen molar-refractivity contribution in [3.05, 3.63) is 0 Å². The molecule has 0 heterocycles. The van der Waals surface area contributed by atoms with Crippen LogP contribution in [0.3, 0.4) is 0 Å². The molecule has 1 aliphatic rings. The van der Waals surface area contributed by atoms with E-state index in [1.807, 2.05) is 0 Å². The topological polar surface area (TPSA) is 85.3 Å². The molecule has 0 spiro atoms. The number of hydrogen-bond acceptors (Lipinski definition) is 5. The van der Waals surface area contributed by atoms with Gasteiger partial charge in [-0.2, -0.15) is 0 Å². The summed E-state index contributed by atoms with van der Waals surface area (Å²) in [5, 5.41) is 0. The molecule has 0 atom stereocenters. The summed E-state index contributed by atoms with van der Waals surface area (Å²) in [7, 11) is 0. The van der Waals surface area contributed by atoms with E-state index in [4.69, 9.17) is 0 Å². The average molecular weight is 266 g/mol. The Morgan fingerprint density at radius 3 is 1.53 bits per heavy atom. The van der Waals surface area contributed by atoms with Crippen molar-refractivity contribution in [2.24, 2.45) is 10.8 Å². The Balaban J connectivity index is 3.79. The van der Waals surface area contributed by atoms with Crippen LogP contribution < -0.4 is 0 Å². The van der Waals surface area contributed by atoms with Crippen molar-refractivity contribution in [3.63, 3.8) is 0 Å². The molecule has 1 aliphatic carbocycles. The third-order valence-corrected chi connectivity index (χ3v) is 4.27. The molecule has 0 aromatic carbocycles. The van der Waals surface area contributed by atoms with Gasteiger partial charge in [-0.3, -0.25) is 24.0 Å². The monoisotopic (exact) mass is 266 g/mol. The van der Waals surface area contributed by atoms with E-state index in [9.17, 15) is 24.0 Å². The normalized spacial score (nSPS) is 20.7. The summed E-state index contributed by atoms with van der Waals surface area (Å²) in [4.78, 5) is 60.5. The van der Waals surface area contributed by atoms with Crippen molar-refractivity contribution in [1.29, 1.82) is 0 Å². The van der Waals surface area contributed by atoms with Crippen LogP contribution in [0.15, 0.2) is 0 Å². The minimum atomic E-state index is -2.12. The second-order valence-corrected chi connectivity index (χ2v) is 5.16. The van der Waals surface area contributed by atoms with Gasteiger partial charge in [-0.25, -0.2) is 0 Å². The van der Waals surface area contributed by atoms with Gasteiger partial charge in [0.2, 0.25) is 0 Å². The van der Waals surface area contributed by atoms with Crippen LogP contribution in [0.25, 0.3) is 0 Å². The van der Waals surface area contributed by atoms with E-state index < -0.39 is 39.7 Å². The van der Waals surface area contributed by atoms with Gasteiger partial charge in [-0.05, 0) is 40.5 Å². The molecule has 1 fully saturated rings. The lowest BCUT2D eigenvalue weighted by Crippen LogP contribution is -2.64. The molecular weight excluding hydrogens is 248 g/mol. The first-order valence-corrected chi connectivity index (χ1v) is 6.23. The van der Waals surface area contributed by atoms with Crippen LogP contribution in [0, 0.1) is 10.8 Å². The predicted molar refractivity (Wildman–Crippen MR) is 66.4 cm³/mol. The molecule has 0 amide bonds. The van der Waals surface area contributed by atoms with Gasteiger partial charge in [-0.1, -0.05) is 0 Å². The zero-order chi connectivity index (χ0) is 15.0. The summed E-state index contributed by atoms with van der Waals surface area (Å²) >= 11 is 0. The molecule has 0 aliphatic heterocycles. The summed E-state index contributed by atoms with van der Waals surface area (Å²) < 4.78 is 0. The molecule has 0 unspecified atom stereocenters. The van der Waals surface area contributed by atoms with Gasteiger partial charge in [0.25, 0.3) is 0 Å². The molecule has 0 aromatic rings. The largest absolute Gasteiger partial charge is 0.299 e. The van der Waals surface area contributed by atoms with E-state index in [0.29, 0.717) is 6.42 Å². The zero-order valence-electron chi connectivity index (χ0n) is 11.7. The first kappa shape index (κ1) is 15.4. The lowest BCUT2D eigenvalue weighted by atomic mass is 9.49. The summed E-state index contributed by atoms with van der Waals surface area (Å²) in [6, 6.07) is 0. The Labute approximate surface area is 111 Å². The van der Waals surface area contributed by atoms with Crippen LogP contribution in [0.1, 0.15) is 47.0 Å². The van der Waals surface area contributed by atoms with Crippen LogP contribution >= 0.6 is 0 Å². The lowest BCUT2D eigenvalue weighted by Gasteiger charge is -2.46. The molecule has 5 heteroatoms. The second-order valence-electron chi connectivity index (χ2n) is 5.16. The van der Waals surface area contributed by atoms with Gasteiger partial charge in [-0.15, -0.1) is 0 Å². The fourth-order valence-electron chi connectivity index (χ4n) is 3.50. The highest BCUT2D eigenvalue weighted by Gasteiger charge is 2.68. The highest BCUT2D eigenvalue weighted by molar-refractivity contribution is 6.31. The van der Waals surface area contributed by atoms with E-state index in [1.54, 1.807) is 0 Å². The maximum atomic E-state index is 12.3. The fraction of sp³-hybridized carbons (Fsp3) is 0.643. The summed E-state index contributed by atoms with van der Waals surface area (Å²) in [5.74, 6) is -3.20. The third kappa shape index (κ3) is 1.71. The molecule has 19 heavy (non-hydrogen) atoms. The van der Waals surface area contributed by atoms with E-state index in [1.165, 1.54) is 13.8 Å². The van der Waals surface area contributed by atoms with Crippen molar-refractivity contribution >= 4 is 28.9 Å². The fourth-order valence-corrected chi connectivity index (χ4v) is 3.50. The van der Waals surface area contributed by atoms with Crippen molar-refractivity contribution < 1.29 is 24.0 Å². The standard InChI is InChI=1S/C14H18O5/c1-8(15)13(9(2)16)7-5-6-12(19)14(13,10(3)17)11(4)18/h5-7H2,1-4H3. The molecule has 0 saturated heterocycles. The minimum Gasteiger partial charge on any atom is -0.299 e. The molecule has 0 radical (unpaired) electrons.